The van der Waals surface area contributed by atoms with Crippen LogP contribution in [0.5, 0.6) is 0 Å². The number of ether oxygens (including phenoxy) is 20. The molecule has 10 rings (SSSR count). The number of rotatable bonds is 35. The second kappa shape index (κ2) is 46.5. The van der Waals surface area contributed by atoms with Crippen molar-refractivity contribution in [3.8, 4) is 0 Å². The molecular weight excluding hydrogens is 1750 g/mol. The van der Waals surface area contributed by atoms with Crippen LogP contribution < -0.4 is 16.0 Å². The lowest BCUT2D eigenvalue weighted by Gasteiger charge is -2.52. The maximum Gasteiger partial charge on any atom is 0.217 e. The van der Waals surface area contributed by atoms with Gasteiger partial charge in [0.25, 0.3) is 0 Å². The van der Waals surface area contributed by atoms with Crippen LogP contribution >= 0.6 is 0 Å². The molecule has 56 heteroatoms. The molecule has 0 spiro atoms. The molecule has 128 heavy (non-hydrogen) atoms. The zero-order valence-electron chi connectivity index (χ0n) is 69.3. The number of nitrogens with one attached hydrogen (secondary N) is 3. The summed E-state index contributed by atoms with van der Waals surface area (Å²) in [5, 5.41) is 342. The molecule has 10 heterocycles. The molecule has 10 saturated heterocycles. The number of amides is 3. The standard InChI is InChI=1S/C72H123N3O53/c1-16-34(89)43(98)48(103)66(110-16)121-56-29(14-83)118-65(33(75-21(6)86)59(56)125-72-62(47(102)39(94)25(10-79)116-72)128-68-50(105)45(100)36(91)18(3)112-68)127-61-42(97)30(119-71(53(61)108)120-54(23(88)8-77)37(92)22(87)7-76)15-109-63-32(74-20(5)85)58(124-67-49(104)44(99)35(90)17(2)111-67)55(28(13-82)117-63)122-70-52(107)60(41(96)27(12-81)115-70)126-64-31(73-19(4)84)57(40(95)26(11-80)113-64)123-69-51(106)46(101)38(93)24(9-78)114-69/h16-18,22-72,76-83,87-108H,7-15H2,1-6H3,(H,73,84)(H,74,85)(H,75,86)/t16-,17-,18-,22-,23+,24+,25+,26+,27+,28+,29+,30+,31+,32+,33+,34+,35+,36+,37+,38-,39-,40+,41-,42-,43+,44+,45+,46-,47-,48-,49-,50-,51+,52+,53+,54+,55+,56+,57+,58+,59+,60-,61-,62+,63+,64-,65-,66-,67-,68-,69-,70-,71-,72-/m0/s1. The van der Waals surface area contributed by atoms with Gasteiger partial charge < -0.3 is 264 Å². The Morgan fingerprint density at radius 1 is 0.266 bits per heavy atom. The zero-order valence-corrected chi connectivity index (χ0v) is 69.3. The van der Waals surface area contributed by atoms with Gasteiger partial charge in [0.15, 0.2) is 62.9 Å². The van der Waals surface area contributed by atoms with Crippen LogP contribution in [0.2, 0.25) is 0 Å². The number of carbonyl (C=O) groups is 3. The second-order valence-electron chi connectivity index (χ2n) is 32.8. The van der Waals surface area contributed by atoms with Crippen molar-refractivity contribution in [2.75, 3.05) is 59.5 Å². The quantitative estimate of drug-likeness (QED) is 0.0280. The van der Waals surface area contributed by atoms with Gasteiger partial charge in [0.1, 0.15) is 250 Å². The normalized spacial score (nSPS) is 49.0. The van der Waals surface area contributed by atoms with Crippen molar-refractivity contribution in [1.29, 1.82) is 0 Å². The summed E-state index contributed by atoms with van der Waals surface area (Å²) in [5.74, 6) is -3.09. The largest absolute Gasteiger partial charge is 0.394 e. The molecule has 10 fully saturated rings. The summed E-state index contributed by atoms with van der Waals surface area (Å²) in [5.41, 5.74) is 0. The lowest BCUT2D eigenvalue weighted by Crippen LogP contribution is -2.72. The van der Waals surface area contributed by atoms with E-state index in [9.17, 15) is 168 Å². The first-order valence-electron chi connectivity index (χ1n) is 41.2. The lowest BCUT2D eigenvalue weighted by atomic mass is 9.93. The summed E-state index contributed by atoms with van der Waals surface area (Å²) in [7, 11) is 0. The lowest BCUT2D eigenvalue weighted by molar-refractivity contribution is -0.400. The minimum absolute atomic E-state index is 0.871. The van der Waals surface area contributed by atoms with Crippen LogP contribution in [0.15, 0.2) is 0 Å². The monoisotopic (exact) mass is 1880 g/mol. The first-order chi connectivity index (χ1) is 60.4. The molecule has 0 aromatic heterocycles. The highest BCUT2D eigenvalue weighted by atomic mass is 16.8. The van der Waals surface area contributed by atoms with E-state index in [4.69, 9.17) is 94.7 Å². The molecule has 3 amide bonds. The van der Waals surface area contributed by atoms with Gasteiger partial charge in [-0.15, -0.1) is 0 Å². The van der Waals surface area contributed by atoms with Gasteiger partial charge in [0.05, 0.1) is 77.8 Å². The van der Waals surface area contributed by atoms with E-state index in [1.807, 2.05) is 0 Å². The number of carbonyl (C=O) groups excluding carboxylic acids is 3. The summed E-state index contributed by atoms with van der Waals surface area (Å²) in [6, 6.07) is -6.17. The third-order valence-electron chi connectivity index (χ3n) is 23.7. The Hall–Kier alpha value is -3.59. The van der Waals surface area contributed by atoms with Crippen molar-refractivity contribution in [3.63, 3.8) is 0 Å². The highest BCUT2D eigenvalue weighted by Gasteiger charge is 2.63. The van der Waals surface area contributed by atoms with Gasteiger partial charge in [0.2, 0.25) is 17.7 Å². The van der Waals surface area contributed by atoms with Crippen molar-refractivity contribution in [3.05, 3.63) is 0 Å². The van der Waals surface area contributed by atoms with Gasteiger partial charge in [0, 0.05) is 20.8 Å². The van der Waals surface area contributed by atoms with Gasteiger partial charge in [-0.05, 0) is 20.8 Å². The van der Waals surface area contributed by atoms with E-state index in [1.54, 1.807) is 0 Å². The topological polar surface area (TPSA) is 879 Å². The summed E-state index contributed by atoms with van der Waals surface area (Å²) in [6.07, 6.45) is -108. The Morgan fingerprint density at radius 3 is 0.961 bits per heavy atom. The molecule has 0 radical (unpaired) electrons. The first kappa shape index (κ1) is 106. The maximum absolute atomic E-state index is 13.8. The minimum Gasteiger partial charge on any atom is -0.394 e. The first-order valence-corrected chi connectivity index (χ1v) is 41.2. The van der Waals surface area contributed by atoms with Gasteiger partial charge in [-0.2, -0.15) is 0 Å². The Morgan fingerprint density at radius 2 is 0.547 bits per heavy atom. The van der Waals surface area contributed by atoms with Crippen LogP contribution in [0.4, 0.5) is 0 Å². The van der Waals surface area contributed by atoms with E-state index in [0.717, 1.165) is 20.8 Å². The minimum atomic E-state index is -2.65. The third kappa shape index (κ3) is 23.4. The van der Waals surface area contributed by atoms with E-state index in [2.05, 4.69) is 16.0 Å². The predicted octanol–water partition coefficient (Wildman–Crippen LogP) is -21.8. The highest BCUT2D eigenvalue weighted by Crippen LogP contribution is 2.42. The Bertz CT molecular complexity index is 3410. The Balaban J connectivity index is 1.02. The van der Waals surface area contributed by atoms with Crippen LogP contribution in [-0.2, 0) is 109 Å². The van der Waals surface area contributed by atoms with Crippen molar-refractivity contribution in [2.24, 2.45) is 0 Å². The fraction of sp³-hybridized carbons (Fsp3) is 0.958. The summed E-state index contributed by atoms with van der Waals surface area (Å²) < 4.78 is 121. The molecule has 0 unspecified atom stereocenters. The maximum atomic E-state index is 13.8. The van der Waals surface area contributed by atoms with Crippen molar-refractivity contribution >= 4 is 17.7 Å². The van der Waals surface area contributed by atoms with Gasteiger partial charge in [-0.3, -0.25) is 14.4 Å². The molecule has 744 valence electrons. The summed E-state index contributed by atoms with van der Waals surface area (Å²) >= 11 is 0. The molecule has 54 atom stereocenters. The molecule has 0 aromatic rings. The van der Waals surface area contributed by atoms with E-state index < -0.39 is 408 Å². The average molecular weight is 1880 g/mol. The number of hydrogen-bond acceptors (Lipinski definition) is 53. The van der Waals surface area contributed by atoms with Crippen LogP contribution in [0, 0.1) is 0 Å². The Labute approximate surface area is 726 Å². The SMILES string of the molecule is CC(=O)N[C@H]1[C@H](O[C@H]2[C@@H](O)[C@@H](CO[C@@H]3O[C@H](CO)[C@@H](O[C@@H]4O[C@H](CO)[C@H](O)[C@H](O[C@@H]5O[C@H](CO)[C@@H](O)[C@H](O[C@@H]6O[C@H](CO)[C@H](O)[C@H](O)[C@H]6O)[C@H]5NC(C)=O)[C@H]4O)[C@H](O[C@@H]4O[C@@H](C)[C@@H](O)[C@@H](O)[C@@H]4O)[C@H]3NC(C)=O)O[C@@H](O[C@@H]([C@H](O)[C@@H](O)CO)[C@H](O)CO)[C@@H]2O)O[C@H](CO)[C@@H](O[C@@H]2O[C@@H](C)[C@@H](O)[C@@H](O)[C@@H]2O)[C@@H]1O[C@@H]1O[C@H](CO)[C@H](O)[C@H](O)[C@H]1O[C@@H]1O[C@@H](C)[C@@H](O)[C@@H](O)[C@@H]1O. The molecule has 0 bridgehead atoms. The summed E-state index contributed by atoms with van der Waals surface area (Å²) in [6.45, 7) is -4.61. The second-order valence-corrected chi connectivity index (χ2v) is 32.8. The zero-order chi connectivity index (χ0) is 94.5. The van der Waals surface area contributed by atoms with Crippen LogP contribution in [0.1, 0.15) is 41.5 Å². The molecule has 0 aromatic carbocycles. The molecule has 0 saturated carbocycles. The van der Waals surface area contributed by atoms with E-state index in [0.29, 0.717) is 0 Å². The summed E-state index contributed by atoms with van der Waals surface area (Å²) in [4.78, 5) is 40.6. The van der Waals surface area contributed by atoms with Crippen LogP contribution in [0.3, 0.4) is 0 Å². The van der Waals surface area contributed by atoms with Gasteiger partial charge >= 0.3 is 0 Å². The molecule has 56 nitrogen and oxygen atoms in total. The molecular formula is C72H123N3O53. The van der Waals surface area contributed by atoms with E-state index >= 15 is 0 Å². The third-order valence-corrected chi connectivity index (χ3v) is 23.7. The smallest absolute Gasteiger partial charge is 0.217 e. The van der Waals surface area contributed by atoms with Crippen LogP contribution in [0.25, 0.3) is 0 Å². The van der Waals surface area contributed by atoms with E-state index in [-0.39, 0.29) is 0 Å². The predicted molar refractivity (Wildman–Crippen MR) is 395 cm³/mol. The van der Waals surface area contributed by atoms with Gasteiger partial charge in [-0.1, -0.05) is 0 Å². The molecule has 10 aliphatic rings. The van der Waals surface area contributed by atoms with Crippen LogP contribution in [-0.4, -0.2) is 562 Å². The van der Waals surface area contributed by atoms with Crippen molar-refractivity contribution < 1.29 is 262 Å². The Kier molecular flexibility index (Phi) is 38.7. The highest BCUT2D eigenvalue weighted by molar-refractivity contribution is 5.74. The van der Waals surface area contributed by atoms with E-state index in [1.165, 1.54) is 20.8 Å². The van der Waals surface area contributed by atoms with Crippen molar-refractivity contribution in [1.82, 2.24) is 16.0 Å². The molecule has 33 N–H and O–H groups in total. The molecule has 0 aliphatic carbocycles. The van der Waals surface area contributed by atoms with Crippen molar-refractivity contribution in [2.45, 2.75) is 373 Å². The fourth-order valence-electron chi connectivity index (χ4n) is 16.4. The van der Waals surface area contributed by atoms with Gasteiger partial charge in [-0.25, -0.2) is 0 Å². The number of aliphatic hydroxyl groups excluding tert-OH is 30. The molecule has 10 aliphatic heterocycles. The number of aliphatic hydroxyl groups is 30. The number of hydrogen-bond donors (Lipinski definition) is 33. The fourth-order valence-corrected chi connectivity index (χ4v) is 16.4. The average Bonchev–Trinajstić information content (AvgIpc) is 0.748.